The number of benzene rings is 2. The molecule has 1 fully saturated rings. The monoisotopic (exact) mass is 463 g/mol. The van der Waals surface area contributed by atoms with E-state index >= 15 is 0 Å². The van der Waals surface area contributed by atoms with Crippen LogP contribution in [0.15, 0.2) is 60.0 Å². The Morgan fingerprint density at radius 3 is 2.59 bits per heavy atom. The number of aryl methyl sites for hydroxylation is 1. The number of likely N-dealkylation sites (tertiary alicyclic amines) is 1. The number of halogens is 2. The lowest BCUT2D eigenvalue weighted by molar-refractivity contribution is -0.0800. The van der Waals surface area contributed by atoms with Crippen LogP contribution in [0.1, 0.15) is 46.2 Å². The van der Waals surface area contributed by atoms with Crippen molar-refractivity contribution in [2.45, 2.75) is 38.5 Å². The molecule has 7 heteroatoms. The SMILES string of the molecule is CO/N=C(/c1ccc(CN2CCC3(CC2)OCc2ccncc23)c(C)c1)c1ccc(F)c(F)c1. The molecule has 1 aromatic heterocycles. The summed E-state index contributed by atoms with van der Waals surface area (Å²) >= 11 is 0. The molecule has 0 unspecified atom stereocenters. The molecule has 2 aliphatic heterocycles. The van der Waals surface area contributed by atoms with Crippen LogP contribution < -0.4 is 0 Å². The van der Waals surface area contributed by atoms with Crippen LogP contribution in [-0.4, -0.2) is 35.8 Å². The zero-order chi connectivity index (χ0) is 23.7. The van der Waals surface area contributed by atoms with Crippen molar-refractivity contribution in [1.82, 2.24) is 9.88 Å². The summed E-state index contributed by atoms with van der Waals surface area (Å²) in [5.74, 6) is -1.81. The molecule has 0 bridgehead atoms. The van der Waals surface area contributed by atoms with Crippen molar-refractivity contribution < 1.29 is 18.4 Å². The third-order valence-electron chi connectivity index (χ3n) is 6.96. The van der Waals surface area contributed by atoms with Crippen LogP contribution >= 0.6 is 0 Å². The van der Waals surface area contributed by atoms with Crippen LogP contribution in [0.3, 0.4) is 0 Å². The predicted octanol–water partition coefficient (Wildman–Crippen LogP) is 5.09. The highest BCUT2D eigenvalue weighted by molar-refractivity contribution is 6.12. The molecule has 5 nitrogen and oxygen atoms in total. The van der Waals surface area contributed by atoms with E-state index in [1.54, 1.807) is 0 Å². The van der Waals surface area contributed by atoms with Crippen molar-refractivity contribution in [2.75, 3.05) is 20.2 Å². The van der Waals surface area contributed by atoms with Crippen LogP contribution in [0, 0.1) is 18.6 Å². The van der Waals surface area contributed by atoms with Crippen molar-refractivity contribution in [3.63, 3.8) is 0 Å². The Hall–Kier alpha value is -3.16. The smallest absolute Gasteiger partial charge is 0.159 e. The van der Waals surface area contributed by atoms with Crippen LogP contribution in [0.5, 0.6) is 0 Å². The molecule has 0 amide bonds. The van der Waals surface area contributed by atoms with Crippen LogP contribution in [0.4, 0.5) is 8.78 Å². The number of ether oxygens (including phenoxy) is 1. The average molecular weight is 464 g/mol. The molecule has 0 radical (unpaired) electrons. The number of rotatable bonds is 5. The maximum atomic E-state index is 13.8. The second kappa shape index (κ2) is 9.24. The second-order valence-corrected chi connectivity index (χ2v) is 8.98. The van der Waals surface area contributed by atoms with Gasteiger partial charge in [0.15, 0.2) is 11.6 Å². The molecule has 3 aromatic rings. The zero-order valence-corrected chi connectivity index (χ0v) is 19.4. The van der Waals surface area contributed by atoms with E-state index in [2.05, 4.69) is 34.1 Å². The first-order chi connectivity index (χ1) is 16.5. The molecule has 0 N–H and O–H groups in total. The fraction of sp³-hybridized carbons (Fsp3) is 0.333. The van der Waals surface area contributed by atoms with Crippen molar-refractivity contribution in [2.24, 2.45) is 5.16 Å². The first kappa shape index (κ1) is 22.6. The van der Waals surface area contributed by atoms with Gasteiger partial charge in [0, 0.05) is 48.7 Å². The molecule has 2 aromatic carbocycles. The lowest BCUT2D eigenvalue weighted by atomic mass is 9.84. The van der Waals surface area contributed by atoms with Crippen molar-refractivity contribution >= 4 is 5.71 Å². The molecule has 3 heterocycles. The number of nitrogens with zero attached hydrogens (tertiary/aromatic N) is 3. The molecule has 1 spiro atoms. The molecule has 0 aliphatic carbocycles. The van der Waals surface area contributed by atoms with Crippen molar-refractivity contribution in [3.05, 3.63) is 99.9 Å². The van der Waals surface area contributed by atoms with Gasteiger partial charge < -0.3 is 9.57 Å². The summed E-state index contributed by atoms with van der Waals surface area (Å²) in [6.07, 6.45) is 5.69. The molecular formula is C27H27F2N3O2. The summed E-state index contributed by atoms with van der Waals surface area (Å²) in [6.45, 7) is 5.45. The van der Waals surface area contributed by atoms with Gasteiger partial charge in [-0.1, -0.05) is 17.3 Å². The highest BCUT2D eigenvalue weighted by Gasteiger charge is 2.42. The Labute approximate surface area is 198 Å². The van der Waals surface area contributed by atoms with Gasteiger partial charge in [-0.3, -0.25) is 9.88 Å². The van der Waals surface area contributed by atoms with Crippen molar-refractivity contribution in [1.29, 1.82) is 0 Å². The molecule has 0 saturated carbocycles. The minimum atomic E-state index is -0.915. The Balaban J connectivity index is 1.30. The van der Waals surface area contributed by atoms with Gasteiger partial charge in [0.1, 0.15) is 12.8 Å². The highest BCUT2D eigenvalue weighted by Crippen LogP contribution is 2.43. The van der Waals surface area contributed by atoms with Crippen LogP contribution in [0.25, 0.3) is 0 Å². The fourth-order valence-electron chi connectivity index (χ4n) is 5.01. The van der Waals surface area contributed by atoms with Gasteiger partial charge in [-0.15, -0.1) is 0 Å². The number of oxime groups is 1. The molecule has 2 aliphatic rings. The number of fused-ring (bicyclic) bond motifs is 2. The number of aromatic nitrogens is 1. The second-order valence-electron chi connectivity index (χ2n) is 8.98. The van der Waals surface area contributed by atoms with Crippen molar-refractivity contribution in [3.8, 4) is 0 Å². The topological polar surface area (TPSA) is 47.0 Å². The van der Waals surface area contributed by atoms with Gasteiger partial charge in [-0.05, 0) is 66.8 Å². The first-order valence-corrected chi connectivity index (χ1v) is 11.5. The van der Waals surface area contributed by atoms with Gasteiger partial charge in [0.05, 0.1) is 12.2 Å². The maximum Gasteiger partial charge on any atom is 0.159 e. The average Bonchev–Trinajstić information content (AvgIpc) is 3.20. The Bertz CT molecular complexity index is 1240. The van der Waals surface area contributed by atoms with E-state index in [4.69, 9.17) is 9.57 Å². The quantitative estimate of drug-likeness (QED) is 0.391. The summed E-state index contributed by atoms with van der Waals surface area (Å²) in [5, 5.41) is 4.08. The van der Waals surface area contributed by atoms with Gasteiger partial charge in [-0.25, -0.2) is 8.78 Å². The van der Waals surface area contributed by atoms with E-state index in [1.807, 2.05) is 24.5 Å². The molecule has 0 atom stereocenters. The maximum absolute atomic E-state index is 13.8. The first-order valence-electron chi connectivity index (χ1n) is 11.5. The normalized spacial score (nSPS) is 17.7. The summed E-state index contributed by atoms with van der Waals surface area (Å²) in [6, 6.07) is 11.8. The predicted molar refractivity (Wildman–Crippen MR) is 125 cm³/mol. The standard InChI is InChI=1S/C27H27F2N3O2/c1-18-13-19(26(31-33-2)20-5-6-24(28)25(29)14-20)3-4-21(18)16-32-11-8-27(9-12-32)23-15-30-10-7-22(23)17-34-27/h3-7,10,13-15H,8-9,11-12,16-17H2,1-2H3/b31-26-. The molecule has 1 saturated heterocycles. The largest absolute Gasteiger partial charge is 0.399 e. The van der Waals surface area contributed by atoms with Gasteiger partial charge in [-0.2, -0.15) is 0 Å². The minimum Gasteiger partial charge on any atom is -0.399 e. The molecule has 34 heavy (non-hydrogen) atoms. The van der Waals surface area contributed by atoms with Crippen LogP contribution in [0.2, 0.25) is 0 Å². The van der Waals surface area contributed by atoms with E-state index in [0.29, 0.717) is 17.9 Å². The Kier molecular flexibility index (Phi) is 6.15. The van der Waals surface area contributed by atoms with Gasteiger partial charge in [0.2, 0.25) is 0 Å². The minimum absolute atomic E-state index is 0.199. The number of hydrogen-bond donors (Lipinski definition) is 0. The highest BCUT2D eigenvalue weighted by atomic mass is 19.2. The third-order valence-corrected chi connectivity index (χ3v) is 6.96. The van der Waals surface area contributed by atoms with Crippen LogP contribution in [-0.2, 0) is 28.3 Å². The van der Waals surface area contributed by atoms with E-state index in [0.717, 1.165) is 55.7 Å². The zero-order valence-electron chi connectivity index (χ0n) is 19.4. The lowest BCUT2D eigenvalue weighted by Crippen LogP contribution is -2.42. The third kappa shape index (κ3) is 4.21. The van der Waals surface area contributed by atoms with E-state index in [1.165, 1.54) is 29.9 Å². The molecule has 176 valence electrons. The van der Waals surface area contributed by atoms with Gasteiger partial charge in [0.25, 0.3) is 0 Å². The summed E-state index contributed by atoms with van der Waals surface area (Å²) in [5.41, 5.74) is 6.33. The van der Waals surface area contributed by atoms with E-state index in [-0.39, 0.29) is 5.60 Å². The number of hydrogen-bond acceptors (Lipinski definition) is 5. The summed E-state index contributed by atoms with van der Waals surface area (Å²) < 4.78 is 33.5. The lowest BCUT2D eigenvalue weighted by Gasteiger charge is -2.39. The van der Waals surface area contributed by atoms with Gasteiger partial charge >= 0.3 is 0 Å². The number of piperidine rings is 1. The number of pyridine rings is 1. The Morgan fingerprint density at radius 2 is 1.85 bits per heavy atom. The fourth-order valence-corrected chi connectivity index (χ4v) is 5.01. The Morgan fingerprint density at radius 1 is 1.09 bits per heavy atom. The van der Waals surface area contributed by atoms with E-state index in [9.17, 15) is 8.78 Å². The summed E-state index contributed by atoms with van der Waals surface area (Å²) in [7, 11) is 1.44. The van der Waals surface area contributed by atoms with E-state index < -0.39 is 11.6 Å². The summed E-state index contributed by atoms with van der Waals surface area (Å²) in [4.78, 5) is 11.8. The molecular weight excluding hydrogens is 436 g/mol. The molecule has 5 rings (SSSR count).